The van der Waals surface area contributed by atoms with Gasteiger partial charge in [-0.25, -0.2) is 8.42 Å². The molecule has 0 bridgehead atoms. The quantitative estimate of drug-likeness (QED) is 0.880. The predicted octanol–water partition coefficient (Wildman–Crippen LogP) is 2.88. The minimum absolute atomic E-state index is 0.0270. The molecule has 2 aromatic rings. The van der Waals surface area contributed by atoms with Gasteiger partial charge in [-0.1, -0.05) is 31.5 Å². The molecule has 1 heterocycles. The zero-order valence-electron chi connectivity index (χ0n) is 13.4. The first-order valence-corrected chi connectivity index (χ1v) is 8.98. The molecule has 0 aliphatic heterocycles. The van der Waals surface area contributed by atoms with Crippen LogP contribution in [-0.2, 0) is 14.6 Å². The van der Waals surface area contributed by atoms with Gasteiger partial charge in [-0.15, -0.1) is 0 Å². The van der Waals surface area contributed by atoms with Crippen LogP contribution in [0.15, 0.2) is 52.0 Å². The zero-order chi connectivity index (χ0) is 17.0. The topological polar surface area (TPSA) is 76.4 Å². The number of hydrogen-bond donors (Lipinski definition) is 1. The molecule has 1 N–H and O–H groups in total. The second-order valence-corrected chi connectivity index (χ2v) is 7.89. The van der Waals surface area contributed by atoms with Gasteiger partial charge in [0.25, 0.3) is 0 Å². The Bertz CT molecular complexity index is 746. The van der Waals surface area contributed by atoms with Gasteiger partial charge in [0.15, 0.2) is 9.84 Å². The molecule has 1 atom stereocenters. The van der Waals surface area contributed by atoms with Gasteiger partial charge in [0.1, 0.15) is 11.0 Å². The average molecular weight is 335 g/mol. The highest BCUT2D eigenvalue weighted by Crippen LogP contribution is 2.29. The lowest BCUT2D eigenvalue weighted by atomic mass is 10.2. The number of benzene rings is 1. The molecule has 1 amide bonds. The maximum atomic E-state index is 12.9. The third-order valence-electron chi connectivity index (χ3n) is 3.57. The molecule has 0 radical (unpaired) electrons. The van der Waals surface area contributed by atoms with Crippen LogP contribution in [0.5, 0.6) is 0 Å². The number of sulfone groups is 1. The van der Waals surface area contributed by atoms with Crippen molar-refractivity contribution < 1.29 is 17.6 Å². The van der Waals surface area contributed by atoms with Crippen molar-refractivity contribution in [1.29, 1.82) is 0 Å². The van der Waals surface area contributed by atoms with E-state index in [1.807, 2.05) is 6.92 Å². The van der Waals surface area contributed by atoms with Crippen molar-refractivity contribution in [3.63, 3.8) is 0 Å². The number of rotatable bonds is 6. The van der Waals surface area contributed by atoms with Gasteiger partial charge in [0.2, 0.25) is 5.91 Å². The minimum Gasteiger partial charge on any atom is -0.468 e. The van der Waals surface area contributed by atoms with E-state index in [0.717, 1.165) is 5.56 Å². The van der Waals surface area contributed by atoms with E-state index in [-0.39, 0.29) is 23.3 Å². The van der Waals surface area contributed by atoms with Crippen LogP contribution in [-0.4, -0.2) is 20.9 Å². The summed E-state index contributed by atoms with van der Waals surface area (Å²) in [5.41, 5.74) is 0.978. The third kappa shape index (κ3) is 4.01. The number of furan rings is 1. The number of amides is 1. The SMILES string of the molecule is Cc1ccc(S(=O)(=O)[C@H](CNC(=O)C(C)C)c2ccco2)cc1. The molecule has 5 nitrogen and oxygen atoms in total. The Morgan fingerprint density at radius 2 is 1.83 bits per heavy atom. The maximum absolute atomic E-state index is 12.9. The summed E-state index contributed by atoms with van der Waals surface area (Å²) in [7, 11) is -3.67. The minimum atomic E-state index is -3.67. The molecule has 0 aliphatic rings. The van der Waals surface area contributed by atoms with Crippen LogP contribution in [0.3, 0.4) is 0 Å². The van der Waals surface area contributed by atoms with E-state index < -0.39 is 15.1 Å². The van der Waals surface area contributed by atoms with Crippen molar-refractivity contribution >= 4 is 15.7 Å². The molecule has 0 fully saturated rings. The van der Waals surface area contributed by atoms with E-state index in [9.17, 15) is 13.2 Å². The van der Waals surface area contributed by atoms with E-state index in [1.54, 1.807) is 50.2 Å². The van der Waals surface area contributed by atoms with Gasteiger partial charge in [-0.2, -0.15) is 0 Å². The van der Waals surface area contributed by atoms with Crippen molar-refractivity contribution in [2.24, 2.45) is 5.92 Å². The predicted molar refractivity (Wildman–Crippen MR) is 87.7 cm³/mol. The third-order valence-corrected chi connectivity index (χ3v) is 5.65. The number of carbonyl (C=O) groups is 1. The van der Waals surface area contributed by atoms with Crippen LogP contribution in [0.25, 0.3) is 0 Å². The van der Waals surface area contributed by atoms with Gasteiger partial charge in [-0.05, 0) is 31.2 Å². The van der Waals surface area contributed by atoms with Crippen molar-refractivity contribution in [3.05, 3.63) is 54.0 Å². The standard InChI is InChI=1S/C17H21NO4S/c1-12(2)17(19)18-11-16(15-5-4-10-22-15)23(20,21)14-8-6-13(3)7-9-14/h4-10,12,16H,11H2,1-3H3,(H,18,19)/t16-/m1/s1. The van der Waals surface area contributed by atoms with Gasteiger partial charge in [0.05, 0.1) is 11.2 Å². The number of carbonyl (C=O) groups excluding carboxylic acids is 1. The number of hydrogen-bond acceptors (Lipinski definition) is 4. The molecular weight excluding hydrogens is 314 g/mol. The van der Waals surface area contributed by atoms with Crippen molar-refractivity contribution in [2.45, 2.75) is 30.9 Å². The van der Waals surface area contributed by atoms with Crippen LogP contribution in [0.4, 0.5) is 0 Å². The molecule has 0 aliphatic carbocycles. The Kier molecular flexibility index (Phi) is 5.26. The molecule has 1 aromatic heterocycles. The normalized spacial score (nSPS) is 13.0. The summed E-state index contributed by atoms with van der Waals surface area (Å²) in [5.74, 6) is -0.0929. The highest BCUT2D eigenvalue weighted by molar-refractivity contribution is 7.91. The second kappa shape index (κ2) is 7.00. The van der Waals surface area contributed by atoms with Gasteiger partial charge < -0.3 is 9.73 Å². The van der Waals surface area contributed by atoms with E-state index in [2.05, 4.69) is 5.32 Å². The Morgan fingerprint density at radius 3 is 2.35 bits per heavy atom. The lowest BCUT2D eigenvalue weighted by molar-refractivity contribution is -0.123. The largest absolute Gasteiger partial charge is 0.468 e. The van der Waals surface area contributed by atoms with Crippen LogP contribution >= 0.6 is 0 Å². The summed E-state index contributed by atoms with van der Waals surface area (Å²) in [5, 5.41) is 1.72. The van der Waals surface area contributed by atoms with Crippen molar-refractivity contribution in [2.75, 3.05) is 6.54 Å². The summed E-state index contributed by atoms with van der Waals surface area (Å²) in [6.07, 6.45) is 1.43. The highest BCUT2D eigenvalue weighted by Gasteiger charge is 2.31. The Morgan fingerprint density at radius 1 is 1.17 bits per heavy atom. The monoisotopic (exact) mass is 335 g/mol. The maximum Gasteiger partial charge on any atom is 0.222 e. The smallest absolute Gasteiger partial charge is 0.222 e. The molecule has 0 spiro atoms. The fraction of sp³-hybridized carbons (Fsp3) is 0.353. The fourth-order valence-corrected chi connectivity index (χ4v) is 3.71. The summed E-state index contributed by atoms with van der Waals surface area (Å²) in [6, 6.07) is 9.89. The summed E-state index contributed by atoms with van der Waals surface area (Å²) in [4.78, 5) is 12.0. The van der Waals surface area contributed by atoms with Crippen LogP contribution in [0.1, 0.15) is 30.4 Å². The van der Waals surface area contributed by atoms with Crippen molar-refractivity contribution in [1.82, 2.24) is 5.32 Å². The molecule has 0 unspecified atom stereocenters. The second-order valence-electron chi connectivity index (χ2n) is 5.76. The molecule has 2 rings (SSSR count). The molecule has 23 heavy (non-hydrogen) atoms. The Hall–Kier alpha value is -2.08. The van der Waals surface area contributed by atoms with E-state index in [4.69, 9.17) is 4.42 Å². The zero-order valence-corrected chi connectivity index (χ0v) is 14.3. The van der Waals surface area contributed by atoms with E-state index in [1.165, 1.54) is 6.26 Å². The summed E-state index contributed by atoms with van der Waals surface area (Å²) < 4.78 is 31.1. The van der Waals surface area contributed by atoms with Crippen LogP contribution < -0.4 is 5.32 Å². The van der Waals surface area contributed by atoms with Crippen LogP contribution in [0.2, 0.25) is 0 Å². The first kappa shape index (κ1) is 17.3. The lowest BCUT2D eigenvalue weighted by Crippen LogP contribution is -2.34. The average Bonchev–Trinajstić information content (AvgIpc) is 3.01. The van der Waals surface area contributed by atoms with E-state index in [0.29, 0.717) is 5.76 Å². The summed E-state index contributed by atoms with van der Waals surface area (Å²) >= 11 is 0. The molecule has 124 valence electrons. The van der Waals surface area contributed by atoms with Crippen molar-refractivity contribution in [3.8, 4) is 0 Å². The molecule has 6 heteroatoms. The van der Waals surface area contributed by atoms with Crippen LogP contribution in [0, 0.1) is 12.8 Å². The number of nitrogens with one attached hydrogen (secondary N) is 1. The number of aryl methyl sites for hydroxylation is 1. The summed E-state index contributed by atoms with van der Waals surface area (Å²) in [6.45, 7) is 5.38. The van der Waals surface area contributed by atoms with Gasteiger partial charge >= 0.3 is 0 Å². The van der Waals surface area contributed by atoms with Gasteiger partial charge in [0, 0.05) is 12.5 Å². The van der Waals surface area contributed by atoms with E-state index >= 15 is 0 Å². The fourth-order valence-electron chi connectivity index (χ4n) is 2.13. The highest BCUT2D eigenvalue weighted by atomic mass is 32.2. The lowest BCUT2D eigenvalue weighted by Gasteiger charge is -2.17. The first-order valence-electron chi connectivity index (χ1n) is 7.44. The van der Waals surface area contributed by atoms with Gasteiger partial charge in [-0.3, -0.25) is 4.79 Å². The Labute approximate surface area is 136 Å². The molecule has 0 saturated heterocycles. The Balaban J connectivity index is 2.33. The molecule has 0 saturated carbocycles. The molecule has 1 aromatic carbocycles. The first-order chi connectivity index (χ1) is 10.8. The molecular formula is C17H21NO4S.